The van der Waals surface area contributed by atoms with Crippen LogP contribution in [0.2, 0.25) is 5.02 Å². The summed E-state index contributed by atoms with van der Waals surface area (Å²) in [6.45, 7) is 5.44. The van der Waals surface area contributed by atoms with Crippen LogP contribution in [0.25, 0.3) is 22.2 Å². The molecule has 246 valence electrons. The van der Waals surface area contributed by atoms with Gasteiger partial charge in [-0.25, -0.2) is 17.4 Å². The van der Waals surface area contributed by atoms with E-state index in [9.17, 15) is 13.2 Å². The fourth-order valence-electron chi connectivity index (χ4n) is 6.03. The van der Waals surface area contributed by atoms with Gasteiger partial charge in [0.05, 0.1) is 42.6 Å². The lowest BCUT2D eigenvalue weighted by molar-refractivity contribution is 0.122. The molecule has 6 rings (SSSR count). The molecule has 4 heterocycles. The molecule has 5 aromatic rings. The van der Waals surface area contributed by atoms with Crippen LogP contribution in [0.15, 0.2) is 88.9 Å². The number of aryl methyl sites for hydroxylation is 1. The standard InChI is InChI=1S/C35H38ClN5O5S/c1-24-5-7-30(8-6-24)47(43,44)41-21-32(31-19-29(20-37-35(31)41)39-11-13-46-14-12-39)26-9-10-40(34(42)18-26)33(22-38(2)3)27-15-25(23-45-4)16-28(36)17-27/h5-10,15-21,33H,11-14,22-23H2,1-4H3. The Bertz CT molecular complexity index is 2070. The monoisotopic (exact) mass is 675 g/mol. The Morgan fingerprint density at radius 1 is 1.04 bits per heavy atom. The lowest BCUT2D eigenvalue weighted by atomic mass is 10.0. The molecule has 1 aliphatic rings. The molecule has 3 aromatic heterocycles. The second-order valence-corrected chi connectivity index (χ2v) is 14.3. The van der Waals surface area contributed by atoms with Gasteiger partial charge in [-0.05, 0) is 74.1 Å². The minimum Gasteiger partial charge on any atom is -0.380 e. The van der Waals surface area contributed by atoms with Crippen LogP contribution in [0.3, 0.4) is 0 Å². The van der Waals surface area contributed by atoms with Crippen molar-refractivity contribution in [2.24, 2.45) is 0 Å². The van der Waals surface area contributed by atoms with E-state index in [1.165, 1.54) is 3.97 Å². The molecule has 0 aliphatic carbocycles. The first-order chi connectivity index (χ1) is 22.5. The highest BCUT2D eigenvalue weighted by atomic mass is 35.5. The number of methoxy groups -OCH3 is 1. The highest BCUT2D eigenvalue weighted by Crippen LogP contribution is 2.35. The summed E-state index contributed by atoms with van der Waals surface area (Å²) in [5.74, 6) is 0. The fraction of sp³-hybridized carbons (Fsp3) is 0.314. The molecule has 47 heavy (non-hydrogen) atoms. The van der Waals surface area contributed by atoms with Crippen LogP contribution >= 0.6 is 11.6 Å². The molecule has 1 atom stereocenters. The number of aromatic nitrogens is 3. The highest BCUT2D eigenvalue weighted by Gasteiger charge is 2.25. The molecule has 0 amide bonds. The molecule has 12 heteroatoms. The van der Waals surface area contributed by atoms with E-state index in [4.69, 9.17) is 21.1 Å². The van der Waals surface area contributed by atoms with E-state index < -0.39 is 10.0 Å². The molecule has 0 spiro atoms. The molecular weight excluding hydrogens is 638 g/mol. The van der Waals surface area contributed by atoms with Crippen molar-refractivity contribution >= 4 is 38.3 Å². The molecule has 0 N–H and O–H groups in total. The van der Waals surface area contributed by atoms with E-state index in [0.717, 1.165) is 22.4 Å². The van der Waals surface area contributed by atoms with Crippen LogP contribution in [0.1, 0.15) is 22.7 Å². The van der Waals surface area contributed by atoms with E-state index in [1.807, 2.05) is 56.3 Å². The van der Waals surface area contributed by atoms with Crippen molar-refractivity contribution in [3.05, 3.63) is 111 Å². The van der Waals surface area contributed by atoms with Gasteiger partial charge in [-0.15, -0.1) is 0 Å². The number of halogens is 1. The number of benzene rings is 2. The Morgan fingerprint density at radius 2 is 1.79 bits per heavy atom. The second kappa shape index (κ2) is 13.6. The Hall–Kier alpha value is -4.00. The Kier molecular flexibility index (Phi) is 9.54. The first kappa shape index (κ1) is 32.9. The van der Waals surface area contributed by atoms with Gasteiger partial charge >= 0.3 is 0 Å². The molecular formula is C35H38ClN5O5S. The molecule has 2 aromatic carbocycles. The summed E-state index contributed by atoms with van der Waals surface area (Å²) in [6, 6.07) is 17.5. The number of rotatable bonds is 10. The average Bonchev–Trinajstić information content (AvgIpc) is 3.44. The summed E-state index contributed by atoms with van der Waals surface area (Å²) in [7, 11) is 1.54. The smallest absolute Gasteiger partial charge is 0.269 e. The van der Waals surface area contributed by atoms with Gasteiger partial charge in [0.1, 0.15) is 0 Å². The van der Waals surface area contributed by atoms with Crippen molar-refractivity contribution in [1.82, 2.24) is 18.4 Å². The van der Waals surface area contributed by atoms with Gasteiger partial charge in [0, 0.05) is 61.2 Å². The largest absolute Gasteiger partial charge is 0.380 e. The summed E-state index contributed by atoms with van der Waals surface area (Å²) in [5.41, 5.74) is 4.85. The summed E-state index contributed by atoms with van der Waals surface area (Å²) >= 11 is 6.49. The van der Waals surface area contributed by atoms with E-state index in [0.29, 0.717) is 61.0 Å². The van der Waals surface area contributed by atoms with E-state index in [-0.39, 0.29) is 22.1 Å². The van der Waals surface area contributed by atoms with Crippen molar-refractivity contribution < 1.29 is 17.9 Å². The summed E-state index contributed by atoms with van der Waals surface area (Å²) in [5, 5.41) is 1.19. The third-order valence-electron chi connectivity index (χ3n) is 8.36. The third-order valence-corrected chi connectivity index (χ3v) is 10.2. The van der Waals surface area contributed by atoms with Crippen LogP contribution in [0.5, 0.6) is 0 Å². The van der Waals surface area contributed by atoms with Gasteiger partial charge in [-0.3, -0.25) is 4.79 Å². The van der Waals surface area contributed by atoms with Gasteiger partial charge in [-0.2, -0.15) is 0 Å². The lowest BCUT2D eigenvalue weighted by Crippen LogP contribution is -2.36. The Balaban J connectivity index is 1.49. The maximum absolute atomic E-state index is 14.0. The molecule has 1 unspecified atom stereocenters. The van der Waals surface area contributed by atoms with Gasteiger partial charge in [0.2, 0.25) is 0 Å². The van der Waals surface area contributed by atoms with Gasteiger partial charge in [0.15, 0.2) is 5.65 Å². The summed E-state index contributed by atoms with van der Waals surface area (Å²) in [4.78, 5) is 22.9. The summed E-state index contributed by atoms with van der Waals surface area (Å²) in [6.07, 6.45) is 5.03. The van der Waals surface area contributed by atoms with Crippen molar-refractivity contribution in [2.75, 3.05) is 59.0 Å². The fourth-order valence-corrected chi connectivity index (χ4v) is 7.62. The maximum Gasteiger partial charge on any atom is 0.269 e. The topological polar surface area (TPSA) is 98.9 Å². The number of nitrogens with zero attached hydrogens (tertiary/aromatic N) is 5. The SMILES string of the molecule is COCc1cc(Cl)cc(C(CN(C)C)n2ccc(-c3cn(S(=O)(=O)c4ccc(C)cc4)c4ncc(N5CCOCC5)cc34)cc2=O)c1. The highest BCUT2D eigenvalue weighted by molar-refractivity contribution is 7.90. The van der Waals surface area contributed by atoms with Crippen molar-refractivity contribution in [1.29, 1.82) is 0 Å². The van der Waals surface area contributed by atoms with Crippen molar-refractivity contribution in [3.63, 3.8) is 0 Å². The van der Waals surface area contributed by atoms with Crippen LogP contribution < -0.4 is 10.5 Å². The number of anilines is 1. The van der Waals surface area contributed by atoms with Crippen LogP contribution in [-0.4, -0.2) is 80.9 Å². The van der Waals surface area contributed by atoms with E-state index >= 15 is 0 Å². The molecule has 0 bridgehead atoms. The molecule has 10 nitrogen and oxygen atoms in total. The number of likely N-dealkylation sites (N-methyl/N-ethyl adjacent to an activating group) is 1. The van der Waals surface area contributed by atoms with Gasteiger partial charge in [0.25, 0.3) is 15.6 Å². The quantitative estimate of drug-likeness (QED) is 0.199. The molecule has 1 saturated heterocycles. The van der Waals surface area contributed by atoms with Crippen LogP contribution in [0.4, 0.5) is 5.69 Å². The van der Waals surface area contributed by atoms with Gasteiger partial charge in [-0.1, -0.05) is 35.4 Å². The molecule has 0 saturated carbocycles. The zero-order chi connectivity index (χ0) is 33.3. The predicted octanol–water partition coefficient (Wildman–Crippen LogP) is 5.20. The van der Waals surface area contributed by atoms with Crippen molar-refractivity contribution in [3.8, 4) is 11.1 Å². The first-order valence-electron chi connectivity index (χ1n) is 15.4. The second-order valence-electron chi connectivity index (χ2n) is 12.1. The van der Waals surface area contributed by atoms with E-state index in [2.05, 4.69) is 9.88 Å². The van der Waals surface area contributed by atoms with Gasteiger partial charge < -0.3 is 23.8 Å². The number of morpholine rings is 1. The number of hydrogen-bond donors (Lipinski definition) is 0. The third kappa shape index (κ3) is 6.86. The normalized spacial score (nSPS) is 14.6. The zero-order valence-corrected chi connectivity index (χ0v) is 28.5. The molecule has 1 fully saturated rings. The number of fused-ring (bicyclic) bond motifs is 1. The first-order valence-corrected chi connectivity index (χ1v) is 17.2. The van der Waals surface area contributed by atoms with Crippen LogP contribution in [-0.2, 0) is 26.1 Å². The minimum atomic E-state index is -3.99. The Labute approximate surface area is 279 Å². The number of hydrogen-bond acceptors (Lipinski definition) is 8. The molecule has 0 radical (unpaired) electrons. The maximum atomic E-state index is 14.0. The lowest BCUT2D eigenvalue weighted by Gasteiger charge is -2.28. The minimum absolute atomic E-state index is 0.155. The molecule has 1 aliphatic heterocycles. The van der Waals surface area contributed by atoms with E-state index in [1.54, 1.807) is 60.6 Å². The number of pyridine rings is 2. The van der Waals surface area contributed by atoms with Crippen molar-refractivity contribution in [2.45, 2.75) is 24.5 Å². The summed E-state index contributed by atoms with van der Waals surface area (Å²) < 4.78 is 41.7. The van der Waals surface area contributed by atoms with Crippen LogP contribution in [0, 0.1) is 6.92 Å². The predicted molar refractivity (Wildman–Crippen MR) is 185 cm³/mol. The zero-order valence-electron chi connectivity index (χ0n) is 26.9. The number of ether oxygens (including phenoxy) is 2. The average molecular weight is 676 g/mol. The Morgan fingerprint density at radius 3 is 2.47 bits per heavy atom.